The first-order valence-electron chi connectivity index (χ1n) is 9.52. The number of aromatic nitrogens is 1. The van der Waals surface area contributed by atoms with Crippen molar-refractivity contribution < 1.29 is 18.7 Å². The van der Waals surface area contributed by atoms with E-state index in [0.717, 1.165) is 17.7 Å². The number of halogens is 1. The van der Waals surface area contributed by atoms with E-state index < -0.39 is 29.0 Å². The third-order valence-electron chi connectivity index (χ3n) is 4.10. The highest BCUT2D eigenvalue weighted by Gasteiger charge is 2.19. The minimum absolute atomic E-state index is 0.0117. The smallest absolute Gasteiger partial charge is 0.412 e. The largest absolute Gasteiger partial charge is 0.444 e. The summed E-state index contributed by atoms with van der Waals surface area (Å²) in [7, 11) is 0. The summed E-state index contributed by atoms with van der Waals surface area (Å²) in [5.41, 5.74) is -0.0325. The summed E-state index contributed by atoms with van der Waals surface area (Å²) < 4.78 is 18.9. The normalized spacial score (nSPS) is 11.0. The quantitative estimate of drug-likeness (QED) is 0.562. The van der Waals surface area contributed by atoms with Crippen LogP contribution >= 0.6 is 0 Å². The molecule has 0 aliphatic heterocycles. The molecule has 8 heteroatoms. The zero-order valence-electron chi connectivity index (χ0n) is 17.3. The molecule has 0 aliphatic rings. The van der Waals surface area contributed by atoms with Crippen molar-refractivity contribution in [1.82, 2.24) is 4.98 Å². The molecule has 1 aromatic heterocycles. The molecule has 0 fully saturated rings. The summed E-state index contributed by atoms with van der Waals surface area (Å²) in [4.78, 5) is 39.8. The van der Waals surface area contributed by atoms with Gasteiger partial charge in [-0.15, -0.1) is 0 Å². The van der Waals surface area contributed by atoms with Crippen LogP contribution in [0, 0.1) is 5.82 Å². The van der Waals surface area contributed by atoms with Gasteiger partial charge in [-0.1, -0.05) is 30.3 Å². The second-order valence-corrected chi connectivity index (χ2v) is 7.75. The van der Waals surface area contributed by atoms with Crippen molar-refractivity contribution >= 4 is 23.4 Å². The van der Waals surface area contributed by atoms with E-state index in [-0.39, 0.29) is 16.9 Å². The second kappa shape index (κ2) is 8.83. The Labute approximate surface area is 178 Å². The lowest BCUT2D eigenvalue weighted by atomic mass is 10.1. The summed E-state index contributed by atoms with van der Waals surface area (Å²) in [5.74, 6) is -1.38. The number of carbonyl (C=O) groups is 2. The highest BCUT2D eigenvalue weighted by atomic mass is 19.1. The first-order chi connectivity index (χ1) is 14.6. The van der Waals surface area contributed by atoms with Gasteiger partial charge >= 0.3 is 6.09 Å². The molecule has 0 spiro atoms. The van der Waals surface area contributed by atoms with Crippen LogP contribution in [0.4, 0.5) is 20.6 Å². The molecule has 2 aromatic carbocycles. The molecular weight excluding hydrogens is 401 g/mol. The molecule has 0 unspecified atom stereocenters. The van der Waals surface area contributed by atoms with E-state index in [0.29, 0.717) is 5.69 Å². The van der Waals surface area contributed by atoms with E-state index >= 15 is 0 Å². The maximum atomic E-state index is 13.8. The number of pyridine rings is 1. The maximum absolute atomic E-state index is 13.8. The van der Waals surface area contributed by atoms with E-state index in [2.05, 4.69) is 15.6 Å². The minimum atomic E-state index is -0.764. The lowest BCUT2D eigenvalue weighted by molar-refractivity contribution is 0.0635. The summed E-state index contributed by atoms with van der Waals surface area (Å²) in [6, 6.07) is 15.6. The van der Waals surface area contributed by atoms with Crippen molar-refractivity contribution in [2.24, 2.45) is 0 Å². The third kappa shape index (κ3) is 5.79. The van der Waals surface area contributed by atoms with Gasteiger partial charge in [-0.2, -0.15) is 0 Å². The van der Waals surface area contributed by atoms with Crippen LogP contribution in [0.1, 0.15) is 31.1 Å². The van der Waals surface area contributed by atoms with Gasteiger partial charge in [0.1, 0.15) is 17.0 Å². The summed E-state index contributed by atoms with van der Waals surface area (Å²) >= 11 is 0. The molecule has 3 N–H and O–H groups in total. The number of hydrogen-bond acceptors (Lipinski definition) is 4. The summed E-state index contributed by atoms with van der Waals surface area (Å²) in [5, 5.41) is 4.93. The van der Waals surface area contributed by atoms with Crippen molar-refractivity contribution in [2.75, 3.05) is 10.6 Å². The summed E-state index contributed by atoms with van der Waals surface area (Å²) in [6.07, 6.45) is -0.764. The Hall–Kier alpha value is -3.94. The van der Waals surface area contributed by atoms with Crippen LogP contribution in [-0.2, 0) is 4.74 Å². The average molecular weight is 423 g/mol. The molecule has 0 saturated heterocycles. The van der Waals surface area contributed by atoms with Crippen LogP contribution < -0.4 is 16.2 Å². The van der Waals surface area contributed by atoms with Crippen LogP contribution in [-0.4, -0.2) is 22.6 Å². The zero-order valence-corrected chi connectivity index (χ0v) is 17.3. The Kier molecular flexibility index (Phi) is 6.20. The van der Waals surface area contributed by atoms with Gasteiger partial charge in [0.05, 0.1) is 11.4 Å². The van der Waals surface area contributed by atoms with Crippen LogP contribution in [0.25, 0.3) is 11.3 Å². The van der Waals surface area contributed by atoms with Gasteiger partial charge < -0.3 is 15.0 Å². The Balaban J connectivity index is 1.82. The molecule has 0 aliphatic carbocycles. The fourth-order valence-electron chi connectivity index (χ4n) is 2.77. The Morgan fingerprint density at radius 2 is 1.65 bits per heavy atom. The van der Waals surface area contributed by atoms with Crippen molar-refractivity contribution in [3.8, 4) is 11.3 Å². The molecule has 0 atom stereocenters. The van der Waals surface area contributed by atoms with Crippen LogP contribution in [0.2, 0.25) is 0 Å². The van der Waals surface area contributed by atoms with Crippen molar-refractivity contribution in [1.29, 1.82) is 0 Å². The number of benzene rings is 2. The first-order valence-corrected chi connectivity index (χ1v) is 9.52. The van der Waals surface area contributed by atoms with Crippen molar-refractivity contribution in [3.05, 3.63) is 82.4 Å². The second-order valence-electron chi connectivity index (χ2n) is 7.75. The molecule has 3 aromatic rings. The van der Waals surface area contributed by atoms with E-state index in [1.54, 1.807) is 26.8 Å². The zero-order chi connectivity index (χ0) is 22.6. The summed E-state index contributed by atoms with van der Waals surface area (Å²) in [6.45, 7) is 5.10. The fraction of sp³-hybridized carbons (Fsp3) is 0.174. The predicted molar refractivity (Wildman–Crippen MR) is 117 cm³/mol. The predicted octanol–water partition coefficient (Wildman–Crippen LogP) is 4.78. The number of anilines is 2. The van der Waals surface area contributed by atoms with Gasteiger partial charge in [-0.25, -0.2) is 9.18 Å². The van der Waals surface area contributed by atoms with Gasteiger partial charge in [-0.3, -0.25) is 14.9 Å². The molecule has 160 valence electrons. The number of aromatic amines is 1. The third-order valence-corrected chi connectivity index (χ3v) is 4.10. The number of ether oxygens (including phenoxy) is 1. The Morgan fingerprint density at radius 3 is 2.29 bits per heavy atom. The monoisotopic (exact) mass is 423 g/mol. The van der Waals surface area contributed by atoms with Crippen molar-refractivity contribution in [3.63, 3.8) is 0 Å². The lowest BCUT2D eigenvalue weighted by Gasteiger charge is -2.20. The van der Waals surface area contributed by atoms with Crippen LogP contribution in [0.15, 0.2) is 65.5 Å². The number of amides is 2. The molecule has 3 rings (SSSR count). The topological polar surface area (TPSA) is 100 Å². The molecule has 0 saturated carbocycles. The number of hydrogen-bond donors (Lipinski definition) is 3. The van der Waals surface area contributed by atoms with E-state index in [1.165, 1.54) is 12.1 Å². The van der Waals surface area contributed by atoms with Crippen LogP contribution in [0.5, 0.6) is 0 Å². The molecule has 2 amide bonds. The molecular formula is C23H22FN3O4. The first kappa shape index (κ1) is 21.8. The van der Waals surface area contributed by atoms with E-state index in [4.69, 9.17) is 4.74 Å². The highest BCUT2D eigenvalue weighted by Crippen LogP contribution is 2.24. The van der Waals surface area contributed by atoms with Gasteiger partial charge in [0, 0.05) is 5.69 Å². The average Bonchev–Trinajstić information content (AvgIpc) is 2.69. The molecule has 7 nitrogen and oxygen atoms in total. The Bertz CT molecular complexity index is 1170. The van der Waals surface area contributed by atoms with Gasteiger partial charge in [0.2, 0.25) is 0 Å². The molecule has 0 radical (unpaired) electrons. The number of H-pyrrole nitrogens is 1. The van der Waals surface area contributed by atoms with Gasteiger partial charge in [0.15, 0.2) is 0 Å². The SMILES string of the molecule is CC(C)(C)OC(=O)Nc1ccc(F)cc1NC(=O)c1ccc(-c2ccccc2)[nH]c1=O. The Morgan fingerprint density at radius 1 is 0.935 bits per heavy atom. The molecule has 0 bridgehead atoms. The van der Waals surface area contributed by atoms with E-state index in [9.17, 15) is 18.8 Å². The van der Waals surface area contributed by atoms with E-state index in [1.807, 2.05) is 30.3 Å². The van der Waals surface area contributed by atoms with Gasteiger partial charge in [-0.05, 0) is 56.7 Å². The standard InChI is InChI=1S/C23H22FN3O4/c1-23(2,3)31-22(30)27-18-11-9-15(24)13-19(18)26-21(29)16-10-12-17(25-20(16)28)14-7-5-4-6-8-14/h4-13H,1-3H3,(H,25,28)(H,26,29)(H,27,30). The van der Waals surface area contributed by atoms with Crippen molar-refractivity contribution in [2.45, 2.75) is 26.4 Å². The number of nitrogens with one attached hydrogen (secondary N) is 3. The fourth-order valence-corrected chi connectivity index (χ4v) is 2.77. The van der Waals surface area contributed by atoms with Gasteiger partial charge in [0.25, 0.3) is 11.5 Å². The number of carbonyl (C=O) groups excluding carboxylic acids is 2. The van der Waals surface area contributed by atoms with Crippen LogP contribution in [0.3, 0.4) is 0 Å². The molecule has 1 heterocycles. The maximum Gasteiger partial charge on any atom is 0.412 e. The number of rotatable bonds is 4. The minimum Gasteiger partial charge on any atom is -0.444 e. The highest BCUT2D eigenvalue weighted by molar-refractivity contribution is 6.06. The molecule has 31 heavy (non-hydrogen) atoms. The lowest BCUT2D eigenvalue weighted by Crippen LogP contribution is -2.28.